The Labute approximate surface area is 261 Å². The van der Waals surface area contributed by atoms with Crippen molar-refractivity contribution in [1.29, 1.82) is 0 Å². The van der Waals surface area contributed by atoms with Crippen LogP contribution in [0.3, 0.4) is 0 Å². The molecule has 5 atom stereocenters. The summed E-state index contributed by atoms with van der Waals surface area (Å²) < 4.78 is 19.2. The van der Waals surface area contributed by atoms with Gasteiger partial charge in [0.25, 0.3) is 5.91 Å². The highest BCUT2D eigenvalue weighted by Crippen LogP contribution is 2.39. The molecule has 3 unspecified atom stereocenters. The van der Waals surface area contributed by atoms with E-state index in [-0.39, 0.29) is 41.7 Å². The van der Waals surface area contributed by atoms with Crippen molar-refractivity contribution < 1.29 is 33.7 Å². The van der Waals surface area contributed by atoms with Gasteiger partial charge < -0.3 is 34.0 Å². The summed E-state index contributed by atoms with van der Waals surface area (Å²) in [6, 6.07) is 15.5. The Morgan fingerprint density at radius 1 is 1.18 bits per heavy atom. The van der Waals surface area contributed by atoms with Crippen molar-refractivity contribution in [3.8, 4) is 11.7 Å². The second kappa shape index (κ2) is 13.3. The quantitative estimate of drug-likeness (QED) is 0.206. The molecule has 10 nitrogen and oxygen atoms in total. The molecule has 2 aromatic heterocycles. The van der Waals surface area contributed by atoms with Crippen LogP contribution in [-0.4, -0.2) is 57.3 Å². The van der Waals surface area contributed by atoms with Gasteiger partial charge in [-0.25, -0.2) is 4.98 Å². The zero-order chi connectivity index (χ0) is 31.5. The maximum atomic E-state index is 13.5. The van der Waals surface area contributed by atoms with E-state index in [1.165, 1.54) is 0 Å². The minimum absolute atomic E-state index is 0.0281. The van der Waals surface area contributed by atoms with Crippen LogP contribution in [0.4, 0.5) is 0 Å². The average molecular weight is 614 g/mol. The highest BCUT2D eigenvalue weighted by molar-refractivity contribution is 6.07. The Bertz CT molecular complexity index is 1690. The third kappa shape index (κ3) is 6.39. The molecule has 0 spiro atoms. The van der Waals surface area contributed by atoms with E-state index in [2.05, 4.69) is 29.4 Å². The number of nitrogens with one attached hydrogen (secondary N) is 1. The summed E-state index contributed by atoms with van der Waals surface area (Å²) in [6.45, 7) is 2.55. The molecule has 1 amide bonds. The highest BCUT2D eigenvalue weighted by Gasteiger charge is 2.41. The highest BCUT2D eigenvalue weighted by atomic mass is 16.6. The minimum atomic E-state index is -1.35. The Hall–Kier alpha value is -4.41. The molecule has 4 aromatic rings. The number of hydrogen-bond acceptors (Lipinski definition) is 8. The number of hydrogen-bond donors (Lipinski definition) is 3. The number of ether oxygens (including phenoxy) is 2. The molecule has 2 aliphatic rings. The van der Waals surface area contributed by atoms with Crippen molar-refractivity contribution in [1.82, 2.24) is 14.9 Å². The molecule has 10 heteroatoms. The van der Waals surface area contributed by atoms with Gasteiger partial charge >= 0.3 is 5.95 Å². The predicted octanol–water partition coefficient (Wildman–Crippen LogP) is 4.77. The van der Waals surface area contributed by atoms with E-state index >= 15 is 0 Å². The van der Waals surface area contributed by atoms with Crippen LogP contribution >= 0.6 is 0 Å². The number of fused-ring (bicyclic) bond motifs is 2. The average Bonchev–Trinajstić information content (AvgIpc) is 3.74. The SMILES string of the molecule is CC/C=C\C[C@H]1C(=O)CC[C@@H]1Cc1nc2c(o1)OC(CNC(=O)c1cn(Cc3ccccc3)c3cc(OC)ccc13)C(O)C2O. The van der Waals surface area contributed by atoms with E-state index in [9.17, 15) is 19.8 Å². The number of amides is 1. The maximum Gasteiger partial charge on any atom is 0.311 e. The first-order valence-electron chi connectivity index (χ1n) is 15.5. The predicted molar refractivity (Wildman–Crippen MR) is 167 cm³/mol. The monoisotopic (exact) mass is 613 g/mol. The summed E-state index contributed by atoms with van der Waals surface area (Å²) in [5.74, 6) is 0.973. The number of aliphatic hydroxyl groups is 2. The van der Waals surface area contributed by atoms with Gasteiger partial charge in [0.15, 0.2) is 11.6 Å². The van der Waals surface area contributed by atoms with Gasteiger partial charge in [0.2, 0.25) is 0 Å². The summed E-state index contributed by atoms with van der Waals surface area (Å²) in [7, 11) is 1.60. The number of rotatable bonds is 11. The topological polar surface area (TPSA) is 136 Å². The fourth-order valence-electron chi connectivity index (χ4n) is 6.41. The second-order valence-corrected chi connectivity index (χ2v) is 11.8. The van der Waals surface area contributed by atoms with Gasteiger partial charge in [0, 0.05) is 43.0 Å². The largest absolute Gasteiger partial charge is 0.497 e. The number of Topliss-reactive ketones (excluding diaryl/α,β-unsaturated/α-hetero) is 1. The van der Waals surface area contributed by atoms with Crippen LogP contribution in [0.5, 0.6) is 11.7 Å². The van der Waals surface area contributed by atoms with Gasteiger partial charge in [-0.3, -0.25) is 9.59 Å². The van der Waals surface area contributed by atoms with Crippen LogP contribution in [0.2, 0.25) is 0 Å². The lowest BCUT2D eigenvalue weighted by molar-refractivity contribution is -0.121. The van der Waals surface area contributed by atoms with Crippen molar-refractivity contribution in [2.75, 3.05) is 13.7 Å². The molecular formula is C35H39N3O7. The van der Waals surface area contributed by atoms with E-state index in [1.54, 1.807) is 13.3 Å². The standard InChI is InChI=1S/C35H39N3O7/c1-3-4-6-11-24-22(12-15-28(24)39)16-30-37-31-33(41)32(40)29(44-35(31)45-30)18-36-34(42)26-20-38(19-21-9-7-5-8-10-21)27-17-23(43-2)13-14-25(26)27/h4-10,13-14,17,20,22,24,29,32-33,40-41H,3,11-12,15-16,18-19H2,1-2H3,(H,36,42)/b6-4-/t22-,24-,29?,32?,33?/m1/s1. The van der Waals surface area contributed by atoms with Gasteiger partial charge in [-0.1, -0.05) is 49.4 Å². The minimum Gasteiger partial charge on any atom is -0.497 e. The number of aromatic nitrogens is 2. The molecule has 236 valence electrons. The normalized spacial score (nSPS) is 22.9. The zero-order valence-corrected chi connectivity index (χ0v) is 25.5. The van der Waals surface area contributed by atoms with Gasteiger partial charge in [0.1, 0.15) is 29.8 Å². The summed E-state index contributed by atoms with van der Waals surface area (Å²) >= 11 is 0. The first-order valence-corrected chi connectivity index (χ1v) is 15.5. The maximum absolute atomic E-state index is 13.5. The van der Waals surface area contributed by atoms with E-state index < -0.39 is 18.3 Å². The lowest BCUT2D eigenvalue weighted by Crippen LogP contribution is -2.47. The summed E-state index contributed by atoms with van der Waals surface area (Å²) in [5, 5.41) is 25.4. The molecule has 1 saturated carbocycles. The molecule has 2 aromatic carbocycles. The van der Waals surface area contributed by atoms with E-state index in [0.717, 1.165) is 29.3 Å². The molecule has 1 fully saturated rings. The van der Waals surface area contributed by atoms with Crippen LogP contribution in [-0.2, 0) is 17.8 Å². The fourth-order valence-corrected chi connectivity index (χ4v) is 6.41. The third-order valence-corrected chi connectivity index (χ3v) is 8.87. The van der Waals surface area contributed by atoms with Gasteiger partial charge in [0.05, 0.1) is 24.7 Å². The molecule has 3 heterocycles. The molecule has 1 aliphatic carbocycles. The van der Waals surface area contributed by atoms with Crippen LogP contribution < -0.4 is 14.8 Å². The first-order chi connectivity index (χ1) is 21.9. The fraction of sp³-hybridized carbons (Fsp3) is 0.400. The number of allylic oxidation sites excluding steroid dienone is 2. The lowest BCUT2D eigenvalue weighted by Gasteiger charge is -2.30. The number of oxazole rings is 1. The van der Waals surface area contributed by atoms with Crippen LogP contribution in [0.15, 0.2) is 71.3 Å². The number of ketones is 1. The van der Waals surface area contributed by atoms with Crippen molar-refractivity contribution in [2.45, 2.75) is 63.9 Å². The number of methoxy groups -OCH3 is 1. The Kier molecular flexibility index (Phi) is 9.04. The number of carbonyl (C=O) groups excluding carboxylic acids is 2. The molecule has 6 rings (SSSR count). The van der Waals surface area contributed by atoms with Crippen molar-refractivity contribution >= 4 is 22.6 Å². The zero-order valence-electron chi connectivity index (χ0n) is 25.5. The number of benzene rings is 2. The van der Waals surface area contributed by atoms with Crippen LogP contribution in [0, 0.1) is 11.8 Å². The molecule has 0 saturated heterocycles. The third-order valence-electron chi connectivity index (χ3n) is 8.87. The van der Waals surface area contributed by atoms with Gasteiger partial charge in [-0.15, -0.1) is 0 Å². The number of carbonyl (C=O) groups is 2. The van der Waals surface area contributed by atoms with Crippen molar-refractivity contribution in [3.63, 3.8) is 0 Å². The van der Waals surface area contributed by atoms with Gasteiger partial charge in [-0.2, -0.15) is 0 Å². The summed E-state index contributed by atoms with van der Waals surface area (Å²) in [5.41, 5.74) is 2.53. The Morgan fingerprint density at radius 3 is 2.78 bits per heavy atom. The van der Waals surface area contributed by atoms with Crippen molar-refractivity contribution in [3.05, 3.63) is 89.6 Å². The first kappa shape index (κ1) is 30.6. The lowest BCUT2D eigenvalue weighted by atomic mass is 9.89. The number of nitrogens with zero attached hydrogens (tertiary/aromatic N) is 2. The molecule has 45 heavy (non-hydrogen) atoms. The molecule has 1 aliphatic heterocycles. The summed E-state index contributed by atoms with van der Waals surface area (Å²) in [6.07, 6.45) is 5.63. The van der Waals surface area contributed by atoms with Crippen LogP contribution in [0.1, 0.15) is 66.2 Å². The van der Waals surface area contributed by atoms with Crippen LogP contribution in [0.25, 0.3) is 10.9 Å². The smallest absolute Gasteiger partial charge is 0.311 e. The van der Waals surface area contributed by atoms with Gasteiger partial charge in [-0.05, 0) is 42.9 Å². The molecular weight excluding hydrogens is 574 g/mol. The van der Waals surface area contributed by atoms with E-state index in [1.807, 2.05) is 53.1 Å². The molecule has 0 radical (unpaired) electrons. The number of aliphatic hydroxyl groups excluding tert-OH is 2. The molecule has 0 bridgehead atoms. The Morgan fingerprint density at radius 2 is 2.00 bits per heavy atom. The van der Waals surface area contributed by atoms with E-state index in [0.29, 0.717) is 43.0 Å². The van der Waals surface area contributed by atoms with E-state index in [4.69, 9.17) is 13.9 Å². The molecule has 3 N–H and O–H groups in total. The summed E-state index contributed by atoms with van der Waals surface area (Å²) in [4.78, 5) is 30.4. The Balaban J connectivity index is 1.15. The van der Waals surface area contributed by atoms with Crippen molar-refractivity contribution in [2.24, 2.45) is 11.8 Å². The second-order valence-electron chi connectivity index (χ2n) is 11.8.